The fourth-order valence-electron chi connectivity index (χ4n) is 5.36. The van der Waals surface area contributed by atoms with Crippen molar-refractivity contribution in [3.63, 3.8) is 0 Å². The summed E-state index contributed by atoms with van der Waals surface area (Å²) >= 11 is 1.73. The fourth-order valence-corrected chi connectivity index (χ4v) is 6.19. The predicted octanol–water partition coefficient (Wildman–Crippen LogP) is 5.99. The van der Waals surface area contributed by atoms with Crippen LogP contribution in [0.3, 0.4) is 0 Å². The molecule has 0 bridgehead atoms. The SMILES string of the molecule is O=C1C[C@H](c2cccs2)CC2=C1[C@@H](c1c[nH]c3ccccc13)n1c(nc3ccccc31)N2. The summed E-state index contributed by atoms with van der Waals surface area (Å²) in [6.45, 7) is 0. The van der Waals surface area contributed by atoms with Gasteiger partial charge in [0, 0.05) is 51.1 Å². The summed E-state index contributed by atoms with van der Waals surface area (Å²) in [4.78, 5) is 23.3. The Hall–Kier alpha value is -3.64. The first kappa shape index (κ1) is 18.0. The number of fused-ring (bicyclic) bond motifs is 4. The van der Waals surface area contributed by atoms with E-state index in [1.165, 1.54) is 4.88 Å². The molecule has 0 amide bonds. The van der Waals surface area contributed by atoms with Crippen LogP contribution < -0.4 is 5.32 Å². The third-order valence-electron chi connectivity index (χ3n) is 6.76. The second kappa shape index (κ2) is 6.68. The number of hydrogen-bond donors (Lipinski definition) is 2. The Balaban J connectivity index is 1.48. The number of ketones is 1. The van der Waals surface area contributed by atoms with Crippen LogP contribution in [0.4, 0.5) is 5.95 Å². The molecule has 6 heteroatoms. The third-order valence-corrected chi connectivity index (χ3v) is 7.79. The molecule has 2 atom stereocenters. The van der Waals surface area contributed by atoms with E-state index in [-0.39, 0.29) is 17.7 Å². The number of carbonyl (C=O) groups is 1. The van der Waals surface area contributed by atoms with Gasteiger partial charge in [0.2, 0.25) is 5.95 Å². The number of para-hydroxylation sites is 3. The van der Waals surface area contributed by atoms with Gasteiger partial charge < -0.3 is 10.3 Å². The largest absolute Gasteiger partial charge is 0.361 e. The maximum atomic E-state index is 13.7. The minimum atomic E-state index is -0.207. The zero-order chi connectivity index (χ0) is 21.2. The number of H-pyrrole nitrogens is 1. The van der Waals surface area contributed by atoms with Gasteiger partial charge in [0.25, 0.3) is 0 Å². The van der Waals surface area contributed by atoms with E-state index in [4.69, 9.17) is 4.98 Å². The Labute approximate surface area is 188 Å². The molecule has 1 aliphatic carbocycles. The number of hydrogen-bond acceptors (Lipinski definition) is 4. The molecular weight excluding hydrogens is 416 g/mol. The van der Waals surface area contributed by atoms with Crippen LogP contribution in [0.15, 0.2) is 83.5 Å². The Kier molecular flexibility index (Phi) is 3.75. The Bertz CT molecular complexity index is 1540. The molecule has 5 nitrogen and oxygen atoms in total. The van der Waals surface area contributed by atoms with Crippen LogP contribution >= 0.6 is 11.3 Å². The minimum absolute atomic E-state index is 0.207. The lowest BCUT2D eigenvalue weighted by Gasteiger charge is -2.36. The molecular formula is C26H20N4OS. The summed E-state index contributed by atoms with van der Waals surface area (Å²) in [5.41, 5.74) is 6.04. The highest BCUT2D eigenvalue weighted by Crippen LogP contribution is 2.47. The molecule has 32 heavy (non-hydrogen) atoms. The second-order valence-electron chi connectivity index (χ2n) is 8.55. The van der Waals surface area contributed by atoms with Gasteiger partial charge in [0.15, 0.2) is 5.78 Å². The number of allylic oxidation sites excluding steroid dienone is 2. The molecule has 0 saturated heterocycles. The molecule has 2 aromatic carbocycles. The monoisotopic (exact) mass is 436 g/mol. The third kappa shape index (κ3) is 2.50. The topological polar surface area (TPSA) is 62.7 Å². The van der Waals surface area contributed by atoms with E-state index >= 15 is 0 Å². The number of aromatic nitrogens is 3. The van der Waals surface area contributed by atoms with E-state index in [9.17, 15) is 4.79 Å². The average molecular weight is 437 g/mol. The Morgan fingerprint density at radius 2 is 1.88 bits per heavy atom. The van der Waals surface area contributed by atoms with Crippen molar-refractivity contribution in [2.75, 3.05) is 5.32 Å². The molecule has 0 spiro atoms. The molecule has 0 saturated carbocycles. The molecule has 2 aliphatic rings. The number of nitrogens with one attached hydrogen (secondary N) is 2. The van der Waals surface area contributed by atoms with Crippen LogP contribution in [0.2, 0.25) is 0 Å². The molecule has 7 rings (SSSR count). The van der Waals surface area contributed by atoms with E-state index in [0.29, 0.717) is 6.42 Å². The fraction of sp³-hybridized carbons (Fsp3) is 0.154. The summed E-state index contributed by atoms with van der Waals surface area (Å²) in [6.07, 6.45) is 3.42. The van der Waals surface area contributed by atoms with Gasteiger partial charge in [0.05, 0.1) is 17.1 Å². The average Bonchev–Trinajstić information content (AvgIpc) is 3.55. The van der Waals surface area contributed by atoms with E-state index in [1.807, 2.05) is 24.3 Å². The van der Waals surface area contributed by atoms with Gasteiger partial charge in [-0.05, 0) is 36.1 Å². The molecule has 4 heterocycles. The summed E-state index contributed by atoms with van der Waals surface area (Å²) in [5.74, 6) is 1.24. The number of anilines is 1. The van der Waals surface area contributed by atoms with Gasteiger partial charge in [0.1, 0.15) is 0 Å². The number of thiophene rings is 1. The van der Waals surface area contributed by atoms with Crippen LogP contribution in [0.5, 0.6) is 0 Å². The van der Waals surface area contributed by atoms with E-state index in [1.54, 1.807) is 11.3 Å². The first-order valence-corrected chi connectivity index (χ1v) is 11.8. The lowest BCUT2D eigenvalue weighted by molar-refractivity contribution is -0.116. The maximum absolute atomic E-state index is 13.7. The number of rotatable bonds is 2. The Morgan fingerprint density at radius 3 is 2.78 bits per heavy atom. The van der Waals surface area contributed by atoms with Crippen LogP contribution in [0, 0.1) is 0 Å². The number of nitrogens with zero attached hydrogens (tertiary/aromatic N) is 2. The zero-order valence-electron chi connectivity index (χ0n) is 17.2. The van der Waals surface area contributed by atoms with Crippen LogP contribution in [0.25, 0.3) is 21.9 Å². The number of benzene rings is 2. The molecule has 0 radical (unpaired) electrons. The lowest BCUT2D eigenvalue weighted by atomic mass is 9.79. The van der Waals surface area contributed by atoms with Crippen molar-refractivity contribution in [3.8, 4) is 0 Å². The molecule has 0 unspecified atom stereocenters. The summed E-state index contributed by atoms with van der Waals surface area (Å²) in [5, 5.41) is 6.79. The maximum Gasteiger partial charge on any atom is 0.209 e. The lowest BCUT2D eigenvalue weighted by Crippen LogP contribution is -2.32. The smallest absolute Gasteiger partial charge is 0.209 e. The van der Waals surface area contributed by atoms with Crippen LogP contribution in [0.1, 0.15) is 35.2 Å². The van der Waals surface area contributed by atoms with E-state index in [0.717, 1.165) is 51.1 Å². The number of Topliss-reactive ketones (excluding diaryl/α,β-unsaturated/α-hetero) is 1. The Morgan fingerprint density at radius 1 is 1.00 bits per heavy atom. The van der Waals surface area contributed by atoms with E-state index < -0.39 is 0 Å². The number of imidazole rings is 1. The van der Waals surface area contributed by atoms with Crippen molar-refractivity contribution < 1.29 is 4.79 Å². The standard InChI is InChI=1S/C26H20N4OS/c31-22-13-15(23-10-5-11-32-23)12-20-24(22)25(17-14-27-18-7-2-1-6-16(17)18)30-21-9-4-3-8-19(21)28-26(30)29-20/h1-11,14-15,25,27H,12-13H2,(H,28,29)/t15-,25-/m1/s1. The number of aromatic amines is 1. The number of carbonyl (C=O) groups excluding carboxylic acids is 1. The predicted molar refractivity (Wildman–Crippen MR) is 128 cm³/mol. The highest BCUT2D eigenvalue weighted by atomic mass is 32.1. The molecule has 156 valence electrons. The normalized spacial score (nSPS) is 20.4. The minimum Gasteiger partial charge on any atom is -0.361 e. The quantitative estimate of drug-likeness (QED) is 0.357. The van der Waals surface area contributed by atoms with Crippen molar-refractivity contribution in [3.05, 3.63) is 94.0 Å². The first-order chi connectivity index (χ1) is 15.8. The van der Waals surface area contributed by atoms with Gasteiger partial charge in [-0.25, -0.2) is 4.98 Å². The molecule has 1 aliphatic heterocycles. The van der Waals surface area contributed by atoms with Gasteiger partial charge in [-0.1, -0.05) is 36.4 Å². The molecule has 2 N–H and O–H groups in total. The van der Waals surface area contributed by atoms with Crippen molar-refractivity contribution in [1.82, 2.24) is 14.5 Å². The molecule has 0 fully saturated rings. The van der Waals surface area contributed by atoms with Gasteiger partial charge in [-0.2, -0.15) is 0 Å². The highest BCUT2D eigenvalue weighted by Gasteiger charge is 2.40. The van der Waals surface area contributed by atoms with Crippen LogP contribution in [-0.2, 0) is 4.79 Å². The second-order valence-corrected chi connectivity index (χ2v) is 9.53. The zero-order valence-corrected chi connectivity index (χ0v) is 18.0. The summed E-state index contributed by atoms with van der Waals surface area (Å²) in [7, 11) is 0. The van der Waals surface area contributed by atoms with Gasteiger partial charge in [-0.15, -0.1) is 11.3 Å². The van der Waals surface area contributed by atoms with Crippen molar-refractivity contribution in [2.24, 2.45) is 0 Å². The highest BCUT2D eigenvalue weighted by molar-refractivity contribution is 7.10. The van der Waals surface area contributed by atoms with Crippen molar-refractivity contribution in [2.45, 2.75) is 24.8 Å². The first-order valence-electron chi connectivity index (χ1n) is 10.9. The van der Waals surface area contributed by atoms with Crippen LogP contribution in [-0.4, -0.2) is 20.3 Å². The van der Waals surface area contributed by atoms with Crippen molar-refractivity contribution >= 4 is 45.0 Å². The van der Waals surface area contributed by atoms with E-state index in [2.05, 4.69) is 62.8 Å². The van der Waals surface area contributed by atoms with Gasteiger partial charge >= 0.3 is 0 Å². The molecule has 5 aromatic rings. The van der Waals surface area contributed by atoms with Crippen molar-refractivity contribution in [1.29, 1.82) is 0 Å². The summed E-state index contributed by atoms with van der Waals surface area (Å²) in [6, 6.07) is 20.5. The molecule has 3 aromatic heterocycles. The van der Waals surface area contributed by atoms with Gasteiger partial charge in [-0.3, -0.25) is 9.36 Å². The summed E-state index contributed by atoms with van der Waals surface area (Å²) < 4.78 is 2.20.